The van der Waals surface area contributed by atoms with Crippen LogP contribution in [0.1, 0.15) is 16.7 Å². The molecule has 23 aromatic rings. The number of aromatic nitrogens is 8. The van der Waals surface area contributed by atoms with E-state index in [2.05, 4.69) is 185 Å². The van der Waals surface area contributed by atoms with Crippen LogP contribution in [-0.4, -0.2) is 39.0 Å². The quantitative estimate of drug-likeness (QED) is 0.101. The molecule has 6 heterocycles. The lowest BCUT2D eigenvalue weighted by Crippen LogP contribution is -2.04. The monoisotopic (exact) mass is 1580 g/mol. The number of nitrogens with zero attached hydrogens (tertiary/aromatic N) is 11. The van der Waals surface area contributed by atoms with Crippen molar-refractivity contribution in [2.45, 2.75) is 0 Å². The van der Waals surface area contributed by atoms with E-state index in [1.54, 1.807) is 0 Å². The zero-order chi connectivity index (χ0) is 82.5. The second kappa shape index (κ2) is 29.5. The molecule has 0 N–H and O–H groups in total. The molecule has 0 bridgehead atoms. The van der Waals surface area contributed by atoms with Crippen LogP contribution in [0.3, 0.4) is 0 Å². The van der Waals surface area contributed by atoms with Crippen LogP contribution in [0.15, 0.2) is 391 Å². The number of para-hydroxylation sites is 3. The molecule has 0 saturated heterocycles. The summed E-state index contributed by atoms with van der Waals surface area (Å²) in [7, 11) is 0. The summed E-state index contributed by atoms with van der Waals surface area (Å²) in [5.74, 6) is 3.01. The van der Waals surface area contributed by atoms with Crippen molar-refractivity contribution in [1.29, 1.82) is 15.8 Å². The summed E-state index contributed by atoms with van der Waals surface area (Å²) in [5, 5.41) is 38.5. The Kier molecular flexibility index (Phi) is 17.1. The lowest BCUT2D eigenvalue weighted by atomic mass is 9.89. The summed E-state index contributed by atoms with van der Waals surface area (Å²) in [6.07, 6.45) is 0. The molecule has 0 saturated carbocycles. The van der Waals surface area contributed by atoms with Crippen LogP contribution in [-0.2, 0) is 0 Å². The predicted octanol–water partition coefficient (Wildman–Crippen LogP) is 27.7. The fourth-order valence-corrected chi connectivity index (χ4v) is 17.9. The number of hydrogen-bond donors (Lipinski definition) is 0. The first-order chi connectivity index (χ1) is 61.3. The summed E-state index contributed by atoms with van der Waals surface area (Å²) < 4.78 is 18.6. The van der Waals surface area contributed by atoms with Gasteiger partial charge in [-0.3, -0.25) is 0 Å². The maximum atomic E-state index is 10.4. The van der Waals surface area contributed by atoms with E-state index in [1.807, 2.05) is 224 Å². The van der Waals surface area contributed by atoms with Gasteiger partial charge in [0.15, 0.2) is 34.9 Å². The predicted molar refractivity (Wildman–Crippen MR) is 496 cm³/mol. The van der Waals surface area contributed by atoms with Crippen LogP contribution >= 0.6 is 0 Å². The van der Waals surface area contributed by atoms with Crippen LogP contribution < -0.4 is 0 Å². The summed E-state index contributed by atoms with van der Waals surface area (Å²) in [5.41, 5.74) is 25.8. The van der Waals surface area contributed by atoms with Crippen molar-refractivity contribution in [3.8, 4) is 165 Å². The van der Waals surface area contributed by atoms with Crippen LogP contribution in [0.2, 0.25) is 0 Å². The Labute approximate surface area is 710 Å². The first kappa shape index (κ1) is 71.7. The van der Waals surface area contributed by atoms with Gasteiger partial charge in [-0.1, -0.05) is 255 Å². The van der Waals surface area contributed by atoms with Gasteiger partial charge >= 0.3 is 0 Å². The molecule has 17 aromatic carbocycles. The maximum absolute atomic E-state index is 10.4. The Balaban J connectivity index is 0.764. The van der Waals surface area contributed by atoms with Gasteiger partial charge < -0.3 is 18.0 Å². The van der Waals surface area contributed by atoms with Crippen LogP contribution in [0, 0.1) is 34.0 Å². The highest BCUT2D eigenvalue weighted by Gasteiger charge is 2.29. The van der Waals surface area contributed by atoms with E-state index >= 15 is 0 Å². The molecule has 0 atom stereocenters. The van der Waals surface area contributed by atoms with Crippen molar-refractivity contribution in [1.82, 2.24) is 39.0 Å². The van der Waals surface area contributed by atoms with E-state index in [-0.39, 0.29) is 0 Å². The van der Waals surface area contributed by atoms with Crippen molar-refractivity contribution in [3.05, 3.63) is 399 Å². The molecule has 0 unspecified atom stereocenters. The van der Waals surface area contributed by atoms with E-state index in [1.165, 1.54) is 0 Å². The normalized spacial score (nSPS) is 11.5. The molecule has 13 nitrogen and oxygen atoms in total. The summed E-state index contributed by atoms with van der Waals surface area (Å²) >= 11 is 0. The molecule has 6 aromatic heterocycles. The molecule has 574 valence electrons. The first-order valence-electron chi connectivity index (χ1n) is 40.9. The lowest BCUT2D eigenvalue weighted by molar-refractivity contribution is 0.669. The minimum absolute atomic E-state index is 0.449. The average molecular weight is 1580 g/mol. The Hall–Kier alpha value is -17.6. The first-order valence-corrected chi connectivity index (χ1v) is 40.9. The highest BCUT2D eigenvalue weighted by atomic mass is 16.3. The molecular formula is C111H63N11O2. The van der Waals surface area contributed by atoms with Crippen molar-refractivity contribution in [2.75, 3.05) is 0 Å². The fourth-order valence-electron chi connectivity index (χ4n) is 17.9. The molecule has 13 heteroatoms. The maximum Gasteiger partial charge on any atom is 0.166 e. The van der Waals surface area contributed by atoms with E-state index in [4.69, 9.17) is 38.7 Å². The van der Waals surface area contributed by atoms with Crippen LogP contribution in [0.25, 0.3) is 234 Å². The number of rotatable bonds is 14. The fraction of sp³-hybridized carbons (Fsp3) is 0. The Bertz CT molecular complexity index is 8230. The van der Waals surface area contributed by atoms with Gasteiger partial charge in [-0.2, -0.15) is 15.8 Å². The van der Waals surface area contributed by atoms with Crippen molar-refractivity contribution in [2.24, 2.45) is 0 Å². The molecule has 124 heavy (non-hydrogen) atoms. The van der Waals surface area contributed by atoms with E-state index in [0.717, 1.165) is 188 Å². The third kappa shape index (κ3) is 12.2. The smallest absolute Gasteiger partial charge is 0.166 e. The van der Waals surface area contributed by atoms with Crippen molar-refractivity contribution >= 4 is 87.5 Å². The second-order valence-corrected chi connectivity index (χ2v) is 30.9. The topological polar surface area (TPSA) is 185 Å². The molecule has 23 rings (SSSR count). The van der Waals surface area contributed by atoms with Gasteiger partial charge in [0.25, 0.3) is 0 Å². The number of hydrogen-bond acceptors (Lipinski definition) is 11. The summed E-state index contributed by atoms with van der Waals surface area (Å²) in [4.78, 5) is 32.4. The third-order valence-electron chi connectivity index (χ3n) is 23.7. The SMILES string of the molecule is N#Cc1ccc(-c2cc3c(cc2-c2ccc(-c4ccc(-n5c6ccc(-c7cccc(C#N)c7)cc6c6cc(-c7cccc(C#N)c7)ccc65)c(-c5nc(-c6ccccc6)nc(-c6ccccc6)n5)c4)c4c2oc2ccccc24)c2ccccc2n3-c2ccc(-c3cccc4oc5ccccc5c34)cc2-c2nc(-c3ccccc3)nc(-c3ccccc3)n2)cc1. The standard InChI is InChI=1S/C111H63N11O2/c112-64-67-42-44-70(45-43-67)87-63-99-91(83-34-13-16-38-94(83)122(99)98-55-48-79(81-37-21-41-102-103(81)85-35-14-17-39-100(85)123-102)60-93(98)111-119-108(73-28-9-3-10-29-73)116-109(120-111)74-30-11-4-12-31-74)62-88(87)84-51-50-82(104-86-36-15-18-40-101(86)124-105(84)104)80-49-54-97(92(61-80)110-117-106(71-24-5-1-6-25-71)115-107(118-110)72-26-7-2-8-27-72)121-95-52-46-77(75-32-19-22-68(56-75)65-113)58-89(95)90-59-78(47-53-96(90)121)76-33-20-23-69(57-76)66-114/h1-63H. The van der Waals surface area contributed by atoms with E-state index in [0.29, 0.717) is 62.8 Å². The van der Waals surface area contributed by atoms with Gasteiger partial charge in [0.2, 0.25) is 0 Å². The van der Waals surface area contributed by atoms with Gasteiger partial charge in [0.05, 0.1) is 68.3 Å². The third-order valence-corrected chi connectivity index (χ3v) is 23.7. The van der Waals surface area contributed by atoms with Gasteiger partial charge in [0.1, 0.15) is 22.3 Å². The summed E-state index contributed by atoms with van der Waals surface area (Å²) in [6.45, 7) is 0. The number of nitriles is 3. The molecule has 0 aliphatic carbocycles. The minimum Gasteiger partial charge on any atom is -0.456 e. The number of benzene rings is 17. The van der Waals surface area contributed by atoms with Gasteiger partial charge in [-0.25, -0.2) is 29.9 Å². The van der Waals surface area contributed by atoms with Gasteiger partial charge in [-0.15, -0.1) is 0 Å². The van der Waals surface area contributed by atoms with Crippen molar-refractivity contribution < 1.29 is 8.83 Å². The Morgan fingerprint density at radius 2 is 0.589 bits per heavy atom. The lowest BCUT2D eigenvalue weighted by Gasteiger charge is -2.18. The molecule has 0 aliphatic heterocycles. The van der Waals surface area contributed by atoms with Gasteiger partial charge in [-0.05, 0) is 189 Å². The largest absolute Gasteiger partial charge is 0.456 e. The molecule has 0 aliphatic rings. The van der Waals surface area contributed by atoms with Gasteiger partial charge in [0, 0.05) is 82.0 Å². The van der Waals surface area contributed by atoms with Crippen LogP contribution in [0.4, 0.5) is 0 Å². The summed E-state index contributed by atoms with van der Waals surface area (Å²) in [6, 6.07) is 137. The average Bonchev–Trinajstić information content (AvgIpc) is 1.53. The highest BCUT2D eigenvalue weighted by molar-refractivity contribution is 6.20. The van der Waals surface area contributed by atoms with E-state index in [9.17, 15) is 15.8 Å². The second-order valence-electron chi connectivity index (χ2n) is 30.9. The molecule has 0 fully saturated rings. The Morgan fingerprint density at radius 3 is 1.11 bits per heavy atom. The van der Waals surface area contributed by atoms with Crippen molar-refractivity contribution in [3.63, 3.8) is 0 Å². The van der Waals surface area contributed by atoms with E-state index < -0.39 is 0 Å². The number of furan rings is 2. The highest BCUT2D eigenvalue weighted by Crippen LogP contribution is 2.51. The molecular weight excluding hydrogens is 1520 g/mol. The minimum atomic E-state index is 0.449. The van der Waals surface area contributed by atoms with Crippen LogP contribution in [0.5, 0.6) is 0 Å². The number of fused-ring (bicyclic) bond motifs is 12. The zero-order valence-corrected chi connectivity index (χ0v) is 66.1. The zero-order valence-electron chi connectivity index (χ0n) is 66.1. The molecule has 0 amide bonds. The Morgan fingerprint density at radius 1 is 0.202 bits per heavy atom. The molecule has 0 radical (unpaired) electrons. The molecule has 0 spiro atoms.